The highest BCUT2D eigenvalue weighted by Crippen LogP contribution is 2.17. The third-order valence-electron chi connectivity index (χ3n) is 4.32. The van der Waals surface area contributed by atoms with Crippen LogP contribution in [0, 0.1) is 5.92 Å². The third kappa shape index (κ3) is 7.29. The van der Waals surface area contributed by atoms with E-state index in [2.05, 4.69) is 10.6 Å². The number of benzene rings is 1. The lowest BCUT2D eigenvalue weighted by Crippen LogP contribution is -2.49. The summed E-state index contributed by atoms with van der Waals surface area (Å²) in [5.41, 5.74) is -0.443. The molecule has 0 atom stereocenters. The van der Waals surface area contributed by atoms with Crippen LogP contribution in [0.25, 0.3) is 0 Å². The van der Waals surface area contributed by atoms with Gasteiger partial charge in [-0.3, -0.25) is 14.4 Å². The number of amides is 3. The van der Waals surface area contributed by atoms with E-state index in [0.29, 0.717) is 25.4 Å². The van der Waals surface area contributed by atoms with Crippen molar-refractivity contribution in [1.29, 1.82) is 0 Å². The number of hydrogen-bond acceptors (Lipinski definition) is 4. The molecule has 27 heavy (non-hydrogen) atoms. The van der Waals surface area contributed by atoms with Crippen LogP contribution in [-0.4, -0.2) is 54.4 Å². The van der Waals surface area contributed by atoms with Crippen LogP contribution in [-0.2, 0) is 14.4 Å². The maximum absolute atomic E-state index is 12.2. The lowest BCUT2D eigenvalue weighted by molar-refractivity contribution is -0.140. The number of carbonyl (C=O) groups is 3. The zero-order valence-electron chi connectivity index (χ0n) is 16.3. The standard InChI is InChI=1S/C20H29N3O4/c1-20(2,3)22-19(26)18(25)21-13-15-9-11-23(12-10-15)17(24)14-27-16-7-5-4-6-8-16/h4-8,15H,9-14H2,1-3H3,(H,21,25)(H,22,26). The Bertz CT molecular complexity index is 647. The van der Waals surface area contributed by atoms with E-state index in [1.807, 2.05) is 51.1 Å². The van der Waals surface area contributed by atoms with Gasteiger partial charge in [0.1, 0.15) is 5.75 Å². The van der Waals surface area contributed by atoms with Crippen LogP contribution < -0.4 is 15.4 Å². The van der Waals surface area contributed by atoms with Gasteiger partial charge in [-0.15, -0.1) is 0 Å². The summed E-state index contributed by atoms with van der Waals surface area (Å²) >= 11 is 0. The van der Waals surface area contributed by atoms with Gasteiger partial charge in [-0.2, -0.15) is 0 Å². The van der Waals surface area contributed by atoms with Gasteiger partial charge in [0.2, 0.25) is 0 Å². The van der Waals surface area contributed by atoms with Crippen LogP contribution in [0.5, 0.6) is 5.75 Å². The molecule has 1 saturated heterocycles. The lowest BCUT2D eigenvalue weighted by atomic mass is 9.96. The Balaban J connectivity index is 1.67. The number of carbonyl (C=O) groups excluding carboxylic acids is 3. The highest BCUT2D eigenvalue weighted by molar-refractivity contribution is 6.35. The number of nitrogens with one attached hydrogen (secondary N) is 2. The molecule has 7 heteroatoms. The van der Waals surface area contributed by atoms with Gasteiger partial charge in [0.05, 0.1) is 0 Å². The Morgan fingerprint density at radius 1 is 1.07 bits per heavy atom. The summed E-state index contributed by atoms with van der Waals surface area (Å²) in [4.78, 5) is 37.7. The largest absolute Gasteiger partial charge is 0.484 e. The number of para-hydroxylation sites is 1. The number of nitrogens with zero attached hydrogens (tertiary/aromatic N) is 1. The van der Waals surface area contributed by atoms with Crippen LogP contribution in [0.3, 0.4) is 0 Å². The van der Waals surface area contributed by atoms with Gasteiger partial charge in [0.15, 0.2) is 6.61 Å². The van der Waals surface area contributed by atoms with Gasteiger partial charge in [-0.25, -0.2) is 0 Å². The third-order valence-corrected chi connectivity index (χ3v) is 4.32. The van der Waals surface area contributed by atoms with E-state index in [4.69, 9.17) is 4.74 Å². The fraction of sp³-hybridized carbons (Fsp3) is 0.550. The second kappa shape index (κ2) is 9.39. The highest BCUT2D eigenvalue weighted by Gasteiger charge is 2.25. The number of likely N-dealkylation sites (tertiary alicyclic amines) is 1. The lowest BCUT2D eigenvalue weighted by Gasteiger charge is -2.32. The highest BCUT2D eigenvalue weighted by atomic mass is 16.5. The zero-order valence-corrected chi connectivity index (χ0v) is 16.3. The molecule has 0 radical (unpaired) electrons. The molecular weight excluding hydrogens is 346 g/mol. The number of rotatable bonds is 5. The van der Waals surface area contributed by atoms with E-state index in [1.165, 1.54) is 0 Å². The summed E-state index contributed by atoms with van der Waals surface area (Å²) in [6.07, 6.45) is 1.58. The maximum atomic E-state index is 12.2. The normalized spacial score (nSPS) is 15.1. The topological polar surface area (TPSA) is 87.7 Å². The van der Waals surface area contributed by atoms with Gasteiger partial charge in [0.25, 0.3) is 5.91 Å². The molecule has 0 spiro atoms. The van der Waals surface area contributed by atoms with Crippen molar-refractivity contribution in [2.45, 2.75) is 39.2 Å². The van der Waals surface area contributed by atoms with Crippen molar-refractivity contribution < 1.29 is 19.1 Å². The Hall–Kier alpha value is -2.57. The van der Waals surface area contributed by atoms with Gasteiger partial charge < -0.3 is 20.3 Å². The molecule has 1 aromatic rings. The monoisotopic (exact) mass is 375 g/mol. The molecule has 0 aliphatic carbocycles. The predicted octanol–water partition coefficient (Wildman–Crippen LogP) is 1.33. The maximum Gasteiger partial charge on any atom is 0.309 e. The minimum atomic E-state index is -0.617. The second-order valence-electron chi connectivity index (χ2n) is 7.84. The first kappa shape index (κ1) is 20.7. The smallest absolute Gasteiger partial charge is 0.309 e. The average molecular weight is 375 g/mol. The molecule has 3 amide bonds. The van der Waals surface area contributed by atoms with Crippen LogP contribution >= 0.6 is 0 Å². The quantitative estimate of drug-likeness (QED) is 0.760. The van der Waals surface area contributed by atoms with Gasteiger partial charge >= 0.3 is 11.8 Å². The van der Waals surface area contributed by atoms with E-state index in [0.717, 1.165) is 12.8 Å². The molecule has 0 bridgehead atoms. The molecule has 1 aromatic carbocycles. The van der Waals surface area contributed by atoms with Crippen molar-refractivity contribution in [1.82, 2.24) is 15.5 Å². The van der Waals surface area contributed by atoms with Crippen molar-refractivity contribution in [2.75, 3.05) is 26.2 Å². The molecule has 7 nitrogen and oxygen atoms in total. The van der Waals surface area contributed by atoms with E-state index >= 15 is 0 Å². The van der Waals surface area contributed by atoms with Crippen LogP contribution in [0.1, 0.15) is 33.6 Å². The van der Waals surface area contributed by atoms with Gasteiger partial charge in [-0.1, -0.05) is 18.2 Å². The first-order valence-electron chi connectivity index (χ1n) is 9.30. The minimum Gasteiger partial charge on any atom is -0.484 e. The Morgan fingerprint density at radius 2 is 1.70 bits per heavy atom. The van der Waals surface area contributed by atoms with E-state index < -0.39 is 17.4 Å². The molecule has 1 aliphatic heterocycles. The zero-order chi connectivity index (χ0) is 19.9. The summed E-state index contributed by atoms with van der Waals surface area (Å²) in [7, 11) is 0. The van der Waals surface area contributed by atoms with Crippen LogP contribution in [0.2, 0.25) is 0 Å². The Morgan fingerprint density at radius 3 is 2.30 bits per heavy atom. The Kier molecular flexibility index (Phi) is 7.21. The summed E-state index contributed by atoms with van der Waals surface area (Å²) in [6, 6.07) is 9.25. The molecule has 1 fully saturated rings. The van der Waals surface area contributed by atoms with Crippen LogP contribution in [0.4, 0.5) is 0 Å². The molecule has 2 N–H and O–H groups in total. The van der Waals surface area contributed by atoms with E-state index in [-0.39, 0.29) is 18.4 Å². The van der Waals surface area contributed by atoms with Gasteiger partial charge in [0, 0.05) is 25.2 Å². The van der Waals surface area contributed by atoms with Crippen molar-refractivity contribution >= 4 is 17.7 Å². The number of hydrogen-bond donors (Lipinski definition) is 2. The summed E-state index contributed by atoms with van der Waals surface area (Å²) in [5.74, 6) is -0.328. The second-order valence-corrected chi connectivity index (χ2v) is 7.84. The van der Waals surface area contributed by atoms with Crippen molar-refractivity contribution in [3.63, 3.8) is 0 Å². The molecule has 0 saturated carbocycles. The molecule has 2 rings (SSSR count). The van der Waals surface area contributed by atoms with Gasteiger partial charge in [-0.05, 0) is 51.7 Å². The molecule has 1 aliphatic rings. The molecule has 0 aromatic heterocycles. The molecular formula is C20H29N3O4. The van der Waals surface area contributed by atoms with E-state index in [1.54, 1.807) is 4.90 Å². The van der Waals surface area contributed by atoms with Crippen molar-refractivity contribution in [3.05, 3.63) is 30.3 Å². The first-order valence-corrected chi connectivity index (χ1v) is 9.30. The average Bonchev–Trinajstić information content (AvgIpc) is 2.64. The summed E-state index contributed by atoms with van der Waals surface area (Å²) in [5, 5.41) is 5.32. The summed E-state index contributed by atoms with van der Waals surface area (Å²) < 4.78 is 5.50. The fourth-order valence-electron chi connectivity index (χ4n) is 2.85. The molecule has 148 valence electrons. The van der Waals surface area contributed by atoms with Crippen molar-refractivity contribution in [3.8, 4) is 5.75 Å². The molecule has 1 heterocycles. The Labute approximate surface area is 160 Å². The first-order chi connectivity index (χ1) is 12.7. The van der Waals surface area contributed by atoms with Crippen molar-refractivity contribution in [2.24, 2.45) is 5.92 Å². The fourth-order valence-corrected chi connectivity index (χ4v) is 2.85. The predicted molar refractivity (Wildman–Crippen MR) is 102 cm³/mol. The number of piperidine rings is 1. The number of ether oxygens (including phenoxy) is 1. The van der Waals surface area contributed by atoms with Crippen LogP contribution in [0.15, 0.2) is 30.3 Å². The molecule has 0 unspecified atom stereocenters. The summed E-state index contributed by atoms with van der Waals surface area (Å²) in [6.45, 7) is 7.21. The SMILES string of the molecule is CC(C)(C)NC(=O)C(=O)NCC1CCN(C(=O)COc2ccccc2)CC1. The minimum absolute atomic E-state index is 0.0262. The van der Waals surface area contributed by atoms with E-state index in [9.17, 15) is 14.4 Å².